The highest BCUT2D eigenvalue weighted by Crippen LogP contribution is 2.32. The van der Waals surface area contributed by atoms with Crippen LogP contribution in [0, 0.1) is 0 Å². The van der Waals surface area contributed by atoms with Crippen LogP contribution in [-0.4, -0.2) is 48.8 Å². The summed E-state index contributed by atoms with van der Waals surface area (Å²) < 4.78 is 10.8. The number of rotatable bonds is 9. The Kier molecular flexibility index (Phi) is 8.57. The fourth-order valence-corrected chi connectivity index (χ4v) is 3.98. The SMILES string of the molecule is CCOc1ccc(C=CC(=O)NCCN2C(=O)SC(=Cc3ccc(Cl)cc3)C2=O)cc1OC. The molecule has 1 fully saturated rings. The van der Waals surface area contributed by atoms with Crippen LogP contribution in [0.5, 0.6) is 11.5 Å². The zero-order valence-corrected chi connectivity index (χ0v) is 19.7. The molecule has 1 aliphatic heterocycles. The van der Waals surface area contributed by atoms with Crippen LogP contribution in [0.2, 0.25) is 5.02 Å². The first-order valence-electron chi connectivity index (χ1n) is 10.2. The number of imide groups is 1. The van der Waals surface area contributed by atoms with Gasteiger partial charge in [-0.1, -0.05) is 29.8 Å². The maximum Gasteiger partial charge on any atom is 0.293 e. The second kappa shape index (κ2) is 11.6. The predicted octanol–water partition coefficient (Wildman–Crippen LogP) is 4.61. The van der Waals surface area contributed by atoms with E-state index in [0.717, 1.165) is 27.8 Å². The molecular formula is C24H23ClN2O5S. The monoisotopic (exact) mass is 486 g/mol. The van der Waals surface area contributed by atoms with E-state index in [1.807, 2.05) is 13.0 Å². The van der Waals surface area contributed by atoms with Crippen molar-refractivity contribution in [3.05, 3.63) is 69.6 Å². The van der Waals surface area contributed by atoms with E-state index in [0.29, 0.717) is 28.0 Å². The van der Waals surface area contributed by atoms with Crippen LogP contribution < -0.4 is 14.8 Å². The van der Waals surface area contributed by atoms with Crippen LogP contribution in [0.25, 0.3) is 12.2 Å². The molecule has 2 aromatic carbocycles. The topological polar surface area (TPSA) is 84.9 Å². The van der Waals surface area contributed by atoms with Gasteiger partial charge in [0.15, 0.2) is 11.5 Å². The van der Waals surface area contributed by atoms with Gasteiger partial charge >= 0.3 is 0 Å². The summed E-state index contributed by atoms with van der Waals surface area (Å²) in [5.41, 5.74) is 1.54. The molecule has 9 heteroatoms. The first-order valence-corrected chi connectivity index (χ1v) is 11.4. The van der Waals surface area contributed by atoms with E-state index in [9.17, 15) is 14.4 Å². The van der Waals surface area contributed by atoms with Gasteiger partial charge in [0.1, 0.15) is 0 Å². The number of thioether (sulfide) groups is 1. The second-order valence-corrected chi connectivity index (χ2v) is 8.28. The molecule has 1 heterocycles. The van der Waals surface area contributed by atoms with E-state index >= 15 is 0 Å². The lowest BCUT2D eigenvalue weighted by Gasteiger charge is -2.12. The van der Waals surface area contributed by atoms with E-state index in [1.165, 1.54) is 6.08 Å². The van der Waals surface area contributed by atoms with Gasteiger partial charge in [0.2, 0.25) is 5.91 Å². The van der Waals surface area contributed by atoms with Gasteiger partial charge in [-0.25, -0.2) is 0 Å². The Morgan fingerprint density at radius 2 is 1.85 bits per heavy atom. The smallest absolute Gasteiger partial charge is 0.293 e. The van der Waals surface area contributed by atoms with Crippen molar-refractivity contribution in [1.29, 1.82) is 0 Å². The third-order valence-electron chi connectivity index (χ3n) is 4.59. The summed E-state index contributed by atoms with van der Waals surface area (Å²) in [4.78, 5) is 38.4. The van der Waals surface area contributed by atoms with Crippen molar-refractivity contribution in [1.82, 2.24) is 10.2 Å². The molecule has 0 aromatic heterocycles. The molecule has 7 nitrogen and oxygen atoms in total. The number of carbonyl (C=O) groups is 3. The van der Waals surface area contributed by atoms with Crippen molar-refractivity contribution >= 4 is 52.6 Å². The number of methoxy groups -OCH3 is 1. The minimum Gasteiger partial charge on any atom is -0.493 e. The molecule has 0 bridgehead atoms. The lowest BCUT2D eigenvalue weighted by atomic mass is 10.2. The van der Waals surface area contributed by atoms with Crippen molar-refractivity contribution in [2.45, 2.75) is 6.92 Å². The number of benzene rings is 2. The molecule has 0 unspecified atom stereocenters. The van der Waals surface area contributed by atoms with Gasteiger partial charge in [0.05, 0.1) is 18.6 Å². The maximum atomic E-state index is 12.5. The van der Waals surface area contributed by atoms with Gasteiger partial charge in [-0.3, -0.25) is 19.3 Å². The highest BCUT2D eigenvalue weighted by Gasteiger charge is 2.34. The summed E-state index contributed by atoms with van der Waals surface area (Å²) in [5, 5.41) is 2.90. The molecule has 3 amide bonds. The van der Waals surface area contributed by atoms with E-state index in [-0.39, 0.29) is 30.1 Å². The number of nitrogens with one attached hydrogen (secondary N) is 1. The van der Waals surface area contributed by atoms with Gasteiger partial charge in [0, 0.05) is 24.2 Å². The predicted molar refractivity (Wildman–Crippen MR) is 130 cm³/mol. The Bertz CT molecular complexity index is 1100. The molecule has 0 saturated carbocycles. The van der Waals surface area contributed by atoms with Crippen molar-refractivity contribution in [3.63, 3.8) is 0 Å². The number of hydrogen-bond donors (Lipinski definition) is 1. The Hall–Kier alpha value is -3.23. The van der Waals surface area contributed by atoms with E-state index in [2.05, 4.69) is 5.32 Å². The molecule has 0 aliphatic carbocycles. The Morgan fingerprint density at radius 1 is 1.12 bits per heavy atom. The van der Waals surface area contributed by atoms with Gasteiger partial charge in [-0.2, -0.15) is 0 Å². The molecule has 1 saturated heterocycles. The van der Waals surface area contributed by atoms with Crippen LogP contribution in [0.4, 0.5) is 4.79 Å². The van der Waals surface area contributed by atoms with E-state index in [1.54, 1.807) is 55.7 Å². The molecule has 0 atom stereocenters. The molecule has 0 radical (unpaired) electrons. The lowest BCUT2D eigenvalue weighted by molar-refractivity contribution is -0.123. The van der Waals surface area contributed by atoms with Crippen molar-refractivity contribution in [2.24, 2.45) is 0 Å². The van der Waals surface area contributed by atoms with Crippen molar-refractivity contribution < 1.29 is 23.9 Å². The van der Waals surface area contributed by atoms with Crippen LogP contribution in [0.15, 0.2) is 53.4 Å². The van der Waals surface area contributed by atoms with Crippen LogP contribution in [0.1, 0.15) is 18.1 Å². The van der Waals surface area contributed by atoms with E-state index < -0.39 is 0 Å². The lowest BCUT2D eigenvalue weighted by Crippen LogP contribution is -2.36. The normalized spacial score (nSPS) is 14.9. The number of halogens is 1. The number of amides is 3. The Balaban J connectivity index is 1.52. The van der Waals surface area contributed by atoms with Gasteiger partial charge < -0.3 is 14.8 Å². The molecule has 1 N–H and O–H groups in total. The average molecular weight is 487 g/mol. The molecule has 0 spiro atoms. The van der Waals surface area contributed by atoms with Gasteiger partial charge in [-0.15, -0.1) is 0 Å². The fourth-order valence-electron chi connectivity index (χ4n) is 2.99. The van der Waals surface area contributed by atoms with Crippen LogP contribution in [0.3, 0.4) is 0 Å². The van der Waals surface area contributed by atoms with Gasteiger partial charge in [-0.05, 0) is 66.2 Å². The highest BCUT2D eigenvalue weighted by molar-refractivity contribution is 8.18. The Labute approximate surface area is 201 Å². The van der Waals surface area contributed by atoms with Crippen LogP contribution in [-0.2, 0) is 9.59 Å². The molecule has 3 rings (SSSR count). The number of ether oxygens (including phenoxy) is 2. The second-order valence-electron chi connectivity index (χ2n) is 6.85. The summed E-state index contributed by atoms with van der Waals surface area (Å²) >= 11 is 6.74. The summed E-state index contributed by atoms with van der Waals surface area (Å²) in [6.07, 6.45) is 4.67. The first-order chi connectivity index (χ1) is 15.9. The average Bonchev–Trinajstić information content (AvgIpc) is 3.07. The molecule has 1 aliphatic rings. The summed E-state index contributed by atoms with van der Waals surface area (Å²) in [5.74, 6) is 0.479. The zero-order valence-electron chi connectivity index (χ0n) is 18.2. The standard InChI is InChI=1S/C24H23ClN2O5S/c1-3-32-19-10-6-16(14-20(19)31-2)7-11-22(28)26-12-13-27-23(29)21(33-24(27)30)15-17-4-8-18(25)9-5-17/h4-11,14-15H,3,12-13H2,1-2H3,(H,26,28). The largest absolute Gasteiger partial charge is 0.493 e. The van der Waals surface area contributed by atoms with Crippen molar-refractivity contribution in [3.8, 4) is 11.5 Å². The minimum absolute atomic E-state index is 0.0824. The first kappa shape index (κ1) is 24.4. The maximum absolute atomic E-state index is 12.5. The van der Waals surface area contributed by atoms with Crippen LogP contribution >= 0.6 is 23.4 Å². The number of carbonyl (C=O) groups excluding carboxylic acids is 3. The molecule has 33 heavy (non-hydrogen) atoms. The highest BCUT2D eigenvalue weighted by atomic mass is 35.5. The molecular weight excluding hydrogens is 464 g/mol. The number of nitrogens with zero attached hydrogens (tertiary/aromatic N) is 1. The van der Waals surface area contributed by atoms with E-state index in [4.69, 9.17) is 21.1 Å². The Morgan fingerprint density at radius 3 is 2.55 bits per heavy atom. The summed E-state index contributed by atoms with van der Waals surface area (Å²) in [6, 6.07) is 12.3. The minimum atomic E-state index is -0.383. The molecule has 2 aromatic rings. The fraction of sp³-hybridized carbons (Fsp3) is 0.208. The third-order valence-corrected chi connectivity index (χ3v) is 5.75. The quantitative estimate of drug-likeness (QED) is 0.521. The summed E-state index contributed by atoms with van der Waals surface area (Å²) in [6.45, 7) is 2.63. The van der Waals surface area contributed by atoms with Gasteiger partial charge in [0.25, 0.3) is 11.1 Å². The van der Waals surface area contributed by atoms with Crippen molar-refractivity contribution in [2.75, 3.05) is 26.8 Å². The zero-order chi connectivity index (χ0) is 23.8. The number of hydrogen-bond acceptors (Lipinski definition) is 6. The summed E-state index contributed by atoms with van der Waals surface area (Å²) in [7, 11) is 1.55. The third kappa shape index (κ3) is 6.63. The molecule has 172 valence electrons.